The zero-order valence-corrected chi connectivity index (χ0v) is 14.0. The fourth-order valence-corrected chi connectivity index (χ4v) is 2.60. The number of aryl methyl sites for hydroxylation is 1. The summed E-state index contributed by atoms with van der Waals surface area (Å²) in [5.74, 6) is -0.137. The summed E-state index contributed by atoms with van der Waals surface area (Å²) in [6, 6.07) is 17.0. The first kappa shape index (κ1) is 15.5. The lowest BCUT2D eigenvalue weighted by atomic mass is 10.2. The minimum atomic E-state index is -1.91. The van der Waals surface area contributed by atoms with Crippen LogP contribution < -0.4 is 5.06 Å². The van der Waals surface area contributed by atoms with E-state index in [1.807, 2.05) is 49.4 Å². The molecule has 21 heavy (non-hydrogen) atoms. The summed E-state index contributed by atoms with van der Waals surface area (Å²) in [7, 11) is -1.91. The molecule has 0 aliphatic heterocycles. The zero-order valence-electron chi connectivity index (χ0n) is 13.0. The Hall–Kier alpha value is -1.91. The van der Waals surface area contributed by atoms with E-state index in [-0.39, 0.29) is 5.91 Å². The monoisotopic (exact) mass is 299 g/mol. The van der Waals surface area contributed by atoms with Crippen molar-refractivity contribution in [2.45, 2.75) is 26.6 Å². The Morgan fingerprint density at radius 3 is 2.05 bits per heavy atom. The van der Waals surface area contributed by atoms with Crippen molar-refractivity contribution in [3.63, 3.8) is 0 Å². The maximum absolute atomic E-state index is 12.7. The van der Waals surface area contributed by atoms with Gasteiger partial charge >= 0.3 is 0 Å². The molecular weight excluding hydrogens is 278 g/mol. The Balaban J connectivity index is 2.36. The number of anilines is 1. The van der Waals surface area contributed by atoms with E-state index in [0.29, 0.717) is 5.56 Å². The first-order valence-electron chi connectivity index (χ1n) is 7.02. The minimum Gasteiger partial charge on any atom is -0.313 e. The lowest BCUT2D eigenvalue weighted by molar-refractivity contribution is 0.0872. The zero-order chi connectivity index (χ0) is 15.5. The summed E-state index contributed by atoms with van der Waals surface area (Å²) in [5.41, 5.74) is 2.53. The van der Waals surface area contributed by atoms with E-state index in [1.165, 1.54) is 5.06 Å². The van der Waals surface area contributed by atoms with Crippen LogP contribution in [0.1, 0.15) is 15.9 Å². The van der Waals surface area contributed by atoms with Gasteiger partial charge in [-0.1, -0.05) is 35.9 Å². The average molecular weight is 299 g/mol. The molecule has 0 heterocycles. The van der Waals surface area contributed by atoms with Crippen LogP contribution in [0, 0.1) is 6.92 Å². The number of hydrogen-bond acceptors (Lipinski definition) is 2. The summed E-state index contributed by atoms with van der Waals surface area (Å²) < 4.78 is 6.00. The molecule has 0 aromatic heterocycles. The molecule has 0 saturated heterocycles. The van der Waals surface area contributed by atoms with Gasteiger partial charge in [-0.15, -0.1) is 0 Å². The molecule has 0 unspecified atom stereocenters. The third-order valence-electron chi connectivity index (χ3n) is 2.84. The first-order chi connectivity index (χ1) is 9.87. The van der Waals surface area contributed by atoms with Gasteiger partial charge in [0.1, 0.15) is 0 Å². The molecule has 0 bridgehead atoms. The summed E-state index contributed by atoms with van der Waals surface area (Å²) in [6.45, 7) is 8.21. The molecule has 0 atom stereocenters. The van der Waals surface area contributed by atoms with E-state index >= 15 is 0 Å². The van der Waals surface area contributed by atoms with Crippen molar-refractivity contribution < 1.29 is 9.32 Å². The molecule has 4 heteroatoms. The third kappa shape index (κ3) is 4.28. The molecule has 2 aromatic rings. The van der Waals surface area contributed by atoms with Gasteiger partial charge in [-0.25, -0.2) is 0 Å². The lowest BCUT2D eigenvalue weighted by Crippen LogP contribution is -2.41. The third-order valence-corrected chi connectivity index (χ3v) is 3.57. The van der Waals surface area contributed by atoms with E-state index in [4.69, 9.17) is 4.53 Å². The SMILES string of the molecule is Cc1ccc(N(O[Si](C)(C)C)C(=O)c2ccccc2)cc1. The van der Waals surface area contributed by atoms with Crippen LogP contribution in [0.5, 0.6) is 0 Å². The first-order valence-corrected chi connectivity index (χ1v) is 10.4. The van der Waals surface area contributed by atoms with Crippen LogP contribution in [-0.4, -0.2) is 14.2 Å². The predicted octanol–water partition coefficient (Wildman–Crippen LogP) is 4.41. The highest BCUT2D eigenvalue weighted by Gasteiger charge is 2.26. The van der Waals surface area contributed by atoms with E-state index in [2.05, 4.69) is 19.6 Å². The lowest BCUT2D eigenvalue weighted by Gasteiger charge is -2.29. The fraction of sp³-hybridized carbons (Fsp3) is 0.235. The maximum atomic E-state index is 12.7. The van der Waals surface area contributed by atoms with Crippen LogP contribution in [-0.2, 0) is 4.53 Å². The number of carbonyl (C=O) groups is 1. The fourth-order valence-electron chi connectivity index (χ4n) is 1.86. The standard InChI is InChI=1S/C17H21NO2Si/c1-14-10-12-16(13-11-14)18(20-21(2,3)4)17(19)15-8-6-5-7-9-15/h5-13H,1-4H3. The molecule has 0 radical (unpaired) electrons. The molecule has 0 aliphatic carbocycles. The Kier molecular flexibility index (Phi) is 4.60. The van der Waals surface area contributed by atoms with Crippen molar-refractivity contribution in [1.82, 2.24) is 0 Å². The van der Waals surface area contributed by atoms with Crippen LogP contribution in [0.25, 0.3) is 0 Å². The minimum absolute atomic E-state index is 0.137. The quantitative estimate of drug-likeness (QED) is 0.618. The highest BCUT2D eigenvalue weighted by molar-refractivity contribution is 6.70. The number of amides is 1. The van der Waals surface area contributed by atoms with Crippen molar-refractivity contribution in [1.29, 1.82) is 0 Å². The number of hydroxylamine groups is 1. The number of carbonyl (C=O) groups excluding carboxylic acids is 1. The average Bonchev–Trinajstić information content (AvgIpc) is 2.45. The van der Waals surface area contributed by atoms with Crippen LogP contribution in [0.2, 0.25) is 19.6 Å². The summed E-state index contributed by atoms with van der Waals surface area (Å²) in [4.78, 5) is 12.7. The van der Waals surface area contributed by atoms with Crippen molar-refractivity contribution >= 4 is 19.9 Å². The van der Waals surface area contributed by atoms with E-state index in [9.17, 15) is 4.79 Å². The molecule has 3 nitrogen and oxygen atoms in total. The largest absolute Gasteiger partial charge is 0.313 e. The second kappa shape index (κ2) is 6.24. The van der Waals surface area contributed by atoms with Crippen LogP contribution in [0.4, 0.5) is 5.69 Å². The molecule has 1 amide bonds. The van der Waals surface area contributed by atoms with Gasteiger partial charge < -0.3 is 4.53 Å². The van der Waals surface area contributed by atoms with Gasteiger partial charge in [0.05, 0.1) is 5.69 Å². The molecule has 2 rings (SSSR count). The highest BCUT2D eigenvalue weighted by Crippen LogP contribution is 2.21. The number of benzene rings is 2. The molecule has 0 N–H and O–H groups in total. The van der Waals surface area contributed by atoms with Crippen molar-refractivity contribution in [2.75, 3.05) is 5.06 Å². The van der Waals surface area contributed by atoms with Gasteiger partial charge in [0.2, 0.25) is 8.32 Å². The molecule has 0 spiro atoms. The number of hydrogen-bond donors (Lipinski definition) is 0. The summed E-state index contributed by atoms with van der Waals surface area (Å²) >= 11 is 0. The topological polar surface area (TPSA) is 29.5 Å². The molecule has 2 aromatic carbocycles. The van der Waals surface area contributed by atoms with Gasteiger partial charge in [0, 0.05) is 5.56 Å². The number of nitrogens with zero attached hydrogens (tertiary/aromatic N) is 1. The van der Waals surface area contributed by atoms with Gasteiger partial charge in [-0.2, -0.15) is 5.06 Å². The predicted molar refractivity (Wildman–Crippen MR) is 88.9 cm³/mol. The smallest absolute Gasteiger partial charge is 0.281 e. The van der Waals surface area contributed by atoms with Crippen molar-refractivity contribution in [3.8, 4) is 0 Å². The maximum Gasteiger partial charge on any atom is 0.281 e. The Labute approximate surface area is 127 Å². The molecule has 110 valence electrons. The van der Waals surface area contributed by atoms with Gasteiger partial charge in [0.25, 0.3) is 5.91 Å². The Bertz CT molecular complexity index is 603. The van der Waals surface area contributed by atoms with Gasteiger partial charge in [0.15, 0.2) is 0 Å². The summed E-state index contributed by atoms with van der Waals surface area (Å²) in [5, 5.41) is 1.43. The molecule has 0 fully saturated rings. The van der Waals surface area contributed by atoms with E-state index in [1.54, 1.807) is 12.1 Å². The Morgan fingerprint density at radius 2 is 1.52 bits per heavy atom. The van der Waals surface area contributed by atoms with Crippen LogP contribution in [0.3, 0.4) is 0 Å². The van der Waals surface area contributed by atoms with E-state index in [0.717, 1.165) is 11.3 Å². The summed E-state index contributed by atoms with van der Waals surface area (Å²) in [6.07, 6.45) is 0. The van der Waals surface area contributed by atoms with Gasteiger partial charge in [-0.3, -0.25) is 4.79 Å². The molecule has 0 saturated carbocycles. The highest BCUT2D eigenvalue weighted by atomic mass is 28.4. The Morgan fingerprint density at radius 1 is 0.952 bits per heavy atom. The normalized spacial score (nSPS) is 11.2. The molecule has 0 aliphatic rings. The van der Waals surface area contributed by atoms with Gasteiger partial charge in [-0.05, 0) is 50.8 Å². The van der Waals surface area contributed by atoms with Crippen molar-refractivity contribution in [3.05, 3.63) is 65.7 Å². The van der Waals surface area contributed by atoms with E-state index < -0.39 is 8.32 Å². The second-order valence-electron chi connectivity index (χ2n) is 6.00. The molecular formula is C17H21NO2Si. The number of rotatable bonds is 4. The van der Waals surface area contributed by atoms with Crippen molar-refractivity contribution in [2.24, 2.45) is 0 Å². The van der Waals surface area contributed by atoms with Crippen LogP contribution in [0.15, 0.2) is 54.6 Å². The van der Waals surface area contributed by atoms with Crippen LogP contribution >= 0.6 is 0 Å². The second-order valence-corrected chi connectivity index (χ2v) is 10.4.